The first-order valence-electron chi connectivity index (χ1n) is 13.3. The van der Waals surface area contributed by atoms with Gasteiger partial charge in [0.1, 0.15) is 5.52 Å². The summed E-state index contributed by atoms with van der Waals surface area (Å²) >= 11 is 0. The molecular formula is C29H35N3O6. The Morgan fingerprint density at radius 1 is 1.16 bits per heavy atom. The van der Waals surface area contributed by atoms with Gasteiger partial charge in [-0.25, -0.2) is 0 Å². The number of carbonyl (C=O) groups excluding carboxylic acids is 1. The van der Waals surface area contributed by atoms with Crippen LogP contribution in [0.3, 0.4) is 0 Å². The smallest absolute Gasteiger partial charge is 0.306 e. The van der Waals surface area contributed by atoms with Crippen molar-refractivity contribution in [3.8, 4) is 0 Å². The van der Waals surface area contributed by atoms with E-state index in [0.717, 1.165) is 35.2 Å². The van der Waals surface area contributed by atoms with Crippen LogP contribution < -0.4 is 5.32 Å². The first kappa shape index (κ1) is 26.2. The molecule has 0 spiro atoms. The second-order valence-corrected chi connectivity index (χ2v) is 10.3. The van der Waals surface area contributed by atoms with E-state index in [4.69, 9.17) is 13.9 Å². The number of carboxylic acid groups (broad SMARTS) is 1. The predicted molar refractivity (Wildman–Crippen MR) is 142 cm³/mol. The number of carbonyl (C=O) groups is 2. The molecule has 2 heterocycles. The first-order chi connectivity index (χ1) is 18.4. The number of para-hydroxylation sites is 1. The molecule has 1 aliphatic heterocycles. The third kappa shape index (κ3) is 5.84. The van der Waals surface area contributed by atoms with Crippen molar-refractivity contribution < 1.29 is 28.6 Å². The number of anilines is 2. The van der Waals surface area contributed by atoms with Crippen molar-refractivity contribution in [2.75, 3.05) is 19.0 Å². The molecule has 2 fully saturated rings. The van der Waals surface area contributed by atoms with Gasteiger partial charge in [-0.05, 0) is 74.8 Å². The van der Waals surface area contributed by atoms with E-state index in [2.05, 4.69) is 10.3 Å². The average Bonchev–Trinajstić information content (AvgIpc) is 3.56. The van der Waals surface area contributed by atoms with Crippen molar-refractivity contribution in [2.24, 2.45) is 5.92 Å². The summed E-state index contributed by atoms with van der Waals surface area (Å²) in [5.41, 5.74) is 4.22. The molecule has 0 bridgehead atoms. The van der Waals surface area contributed by atoms with E-state index < -0.39 is 12.3 Å². The van der Waals surface area contributed by atoms with E-state index in [1.807, 2.05) is 54.3 Å². The summed E-state index contributed by atoms with van der Waals surface area (Å²) in [6, 6.07) is 13.8. The number of amides is 1. The van der Waals surface area contributed by atoms with Crippen LogP contribution in [0.2, 0.25) is 0 Å². The summed E-state index contributed by atoms with van der Waals surface area (Å²) in [6.07, 6.45) is 3.96. The molecule has 2 aromatic carbocycles. The number of aromatic nitrogens is 1. The summed E-state index contributed by atoms with van der Waals surface area (Å²) in [6.45, 7) is 2.68. The standard InChI is InChI=1S/C29H35N3O6/c1-18-6-3-4-7-22(18)30-29-31-23-14-9-19(16-25(23)38-29)17-26(33)32-15-5-8-24(32)28(36-2)37-21-12-10-20(11-13-21)27(34)35/h3-4,6-7,9,14,16,20-21,24,28H,5,8,10-13,15,17H2,1-2H3,(H,30,31)(H,34,35)/t20?,21?,24-,28?/m0/s1. The summed E-state index contributed by atoms with van der Waals surface area (Å²) in [5.74, 6) is -1.01. The Morgan fingerprint density at radius 2 is 1.95 bits per heavy atom. The van der Waals surface area contributed by atoms with Gasteiger partial charge in [-0.2, -0.15) is 4.98 Å². The number of ether oxygens (including phenoxy) is 2. The first-order valence-corrected chi connectivity index (χ1v) is 13.3. The number of methoxy groups -OCH3 is 1. The number of nitrogens with zero attached hydrogens (tertiary/aromatic N) is 2. The van der Waals surface area contributed by atoms with Crippen LogP contribution >= 0.6 is 0 Å². The van der Waals surface area contributed by atoms with Crippen LogP contribution in [0.1, 0.15) is 49.7 Å². The highest BCUT2D eigenvalue weighted by atomic mass is 16.7. The second-order valence-electron chi connectivity index (χ2n) is 10.3. The van der Waals surface area contributed by atoms with Gasteiger partial charge in [-0.1, -0.05) is 24.3 Å². The molecule has 1 aliphatic carbocycles. The molecule has 2 aliphatic rings. The third-order valence-corrected chi connectivity index (χ3v) is 7.71. The lowest BCUT2D eigenvalue weighted by Crippen LogP contribution is -2.47. The summed E-state index contributed by atoms with van der Waals surface area (Å²) in [5, 5.41) is 12.5. The van der Waals surface area contributed by atoms with Crippen LogP contribution in [0.4, 0.5) is 11.7 Å². The van der Waals surface area contributed by atoms with Crippen LogP contribution in [-0.4, -0.2) is 59.0 Å². The Kier molecular flexibility index (Phi) is 7.95. The van der Waals surface area contributed by atoms with Gasteiger partial charge in [-0.3, -0.25) is 9.59 Å². The van der Waals surface area contributed by atoms with Gasteiger partial charge < -0.3 is 29.2 Å². The molecule has 1 saturated carbocycles. The fourth-order valence-corrected chi connectivity index (χ4v) is 5.56. The number of nitrogens with one attached hydrogen (secondary N) is 1. The Morgan fingerprint density at radius 3 is 2.68 bits per heavy atom. The molecule has 3 aromatic rings. The molecule has 2 N–H and O–H groups in total. The van der Waals surface area contributed by atoms with Crippen molar-refractivity contribution >= 4 is 34.7 Å². The van der Waals surface area contributed by atoms with E-state index in [1.54, 1.807) is 7.11 Å². The van der Waals surface area contributed by atoms with Gasteiger partial charge in [-0.15, -0.1) is 0 Å². The highest BCUT2D eigenvalue weighted by Crippen LogP contribution is 2.31. The van der Waals surface area contributed by atoms with E-state index >= 15 is 0 Å². The number of aryl methyl sites for hydroxylation is 1. The van der Waals surface area contributed by atoms with Crippen LogP contribution in [-0.2, 0) is 25.5 Å². The number of rotatable bonds is 9. The maximum atomic E-state index is 13.4. The minimum Gasteiger partial charge on any atom is -0.481 e. The fraction of sp³-hybridized carbons (Fsp3) is 0.483. The highest BCUT2D eigenvalue weighted by molar-refractivity contribution is 5.82. The highest BCUT2D eigenvalue weighted by Gasteiger charge is 2.38. The van der Waals surface area contributed by atoms with Crippen molar-refractivity contribution in [1.82, 2.24) is 9.88 Å². The number of aliphatic carboxylic acids is 1. The Bertz CT molecular complexity index is 1280. The molecule has 0 radical (unpaired) electrons. The van der Waals surface area contributed by atoms with Gasteiger partial charge in [0.25, 0.3) is 6.01 Å². The van der Waals surface area contributed by atoms with Crippen molar-refractivity contribution in [3.63, 3.8) is 0 Å². The zero-order valence-electron chi connectivity index (χ0n) is 21.9. The lowest BCUT2D eigenvalue weighted by Gasteiger charge is -2.35. The van der Waals surface area contributed by atoms with Crippen LogP contribution in [0.25, 0.3) is 11.1 Å². The van der Waals surface area contributed by atoms with Gasteiger partial charge in [0.15, 0.2) is 11.9 Å². The molecule has 1 saturated heterocycles. The number of hydrogen-bond acceptors (Lipinski definition) is 7. The topological polar surface area (TPSA) is 114 Å². The SMILES string of the molecule is COC(OC1CCC(C(=O)O)CC1)[C@@H]1CCCN1C(=O)Cc1ccc2nc(Nc3ccccc3C)oc2c1. The van der Waals surface area contributed by atoms with Crippen molar-refractivity contribution in [1.29, 1.82) is 0 Å². The van der Waals surface area contributed by atoms with E-state index in [9.17, 15) is 14.7 Å². The predicted octanol–water partition coefficient (Wildman–Crippen LogP) is 5.05. The maximum absolute atomic E-state index is 13.4. The molecule has 9 heteroatoms. The van der Waals surface area contributed by atoms with Crippen LogP contribution in [0, 0.1) is 12.8 Å². The normalized spacial score (nSPS) is 22.5. The molecule has 202 valence electrons. The monoisotopic (exact) mass is 521 g/mol. The van der Waals surface area contributed by atoms with E-state index in [1.165, 1.54) is 0 Å². The van der Waals surface area contributed by atoms with E-state index in [0.29, 0.717) is 43.8 Å². The number of likely N-dealkylation sites (tertiary alicyclic amines) is 1. The average molecular weight is 522 g/mol. The quantitative estimate of drug-likeness (QED) is 0.376. The van der Waals surface area contributed by atoms with E-state index in [-0.39, 0.29) is 30.4 Å². The Labute approximate surface area is 222 Å². The minimum absolute atomic E-state index is 0.0184. The summed E-state index contributed by atoms with van der Waals surface area (Å²) in [4.78, 5) is 31.0. The number of hydrogen-bond donors (Lipinski definition) is 2. The molecule has 2 atom stereocenters. The van der Waals surface area contributed by atoms with Crippen LogP contribution in [0.15, 0.2) is 46.9 Å². The summed E-state index contributed by atoms with van der Waals surface area (Å²) in [7, 11) is 1.61. The minimum atomic E-state index is -0.735. The van der Waals surface area contributed by atoms with Crippen LogP contribution in [0.5, 0.6) is 0 Å². The van der Waals surface area contributed by atoms with Gasteiger partial charge >= 0.3 is 5.97 Å². The molecule has 1 unspecified atom stereocenters. The summed E-state index contributed by atoms with van der Waals surface area (Å²) < 4.78 is 17.9. The fourth-order valence-electron chi connectivity index (χ4n) is 5.56. The molecule has 5 rings (SSSR count). The Balaban J connectivity index is 1.22. The molecule has 1 amide bonds. The third-order valence-electron chi connectivity index (χ3n) is 7.71. The van der Waals surface area contributed by atoms with Crippen molar-refractivity contribution in [3.05, 3.63) is 53.6 Å². The number of oxazole rings is 1. The number of fused-ring (bicyclic) bond motifs is 1. The number of benzene rings is 2. The molecule has 9 nitrogen and oxygen atoms in total. The second kappa shape index (κ2) is 11.5. The van der Waals surface area contributed by atoms with Crippen molar-refractivity contribution in [2.45, 2.75) is 70.3 Å². The molecule has 1 aromatic heterocycles. The van der Waals surface area contributed by atoms with Gasteiger partial charge in [0.2, 0.25) is 5.91 Å². The van der Waals surface area contributed by atoms with Gasteiger partial charge in [0.05, 0.1) is 24.5 Å². The zero-order chi connectivity index (χ0) is 26.6. The maximum Gasteiger partial charge on any atom is 0.306 e. The number of carboxylic acids is 1. The Hall–Kier alpha value is -3.43. The zero-order valence-corrected chi connectivity index (χ0v) is 21.9. The van der Waals surface area contributed by atoms with Gasteiger partial charge in [0, 0.05) is 19.3 Å². The molecule has 38 heavy (non-hydrogen) atoms. The largest absolute Gasteiger partial charge is 0.481 e. The lowest BCUT2D eigenvalue weighted by molar-refractivity contribution is -0.194. The lowest BCUT2D eigenvalue weighted by atomic mass is 9.87. The molecular weight excluding hydrogens is 486 g/mol.